The fourth-order valence-electron chi connectivity index (χ4n) is 5.37. The van der Waals surface area contributed by atoms with Crippen LogP contribution in [0, 0.1) is 5.82 Å². The van der Waals surface area contributed by atoms with Gasteiger partial charge in [0.15, 0.2) is 0 Å². The van der Waals surface area contributed by atoms with Crippen molar-refractivity contribution in [3.05, 3.63) is 54.0 Å². The van der Waals surface area contributed by atoms with Gasteiger partial charge in [-0.2, -0.15) is 0 Å². The zero-order valence-corrected chi connectivity index (χ0v) is 22.9. The molecule has 9 nitrogen and oxygen atoms in total. The highest BCUT2D eigenvalue weighted by molar-refractivity contribution is 5.86. The van der Waals surface area contributed by atoms with Gasteiger partial charge >= 0.3 is 6.09 Å². The minimum absolute atomic E-state index is 0.198. The number of anilines is 2. The van der Waals surface area contributed by atoms with Gasteiger partial charge in [-0.1, -0.05) is 0 Å². The van der Waals surface area contributed by atoms with E-state index in [4.69, 9.17) is 9.57 Å². The number of piperazine rings is 2. The number of aromatic nitrogens is 1. The Morgan fingerprint density at radius 2 is 1.79 bits per heavy atom. The van der Waals surface area contributed by atoms with Crippen LogP contribution < -0.4 is 15.0 Å². The summed E-state index contributed by atoms with van der Waals surface area (Å²) < 4.78 is 19.2. The van der Waals surface area contributed by atoms with Crippen molar-refractivity contribution in [1.29, 1.82) is 0 Å². The summed E-state index contributed by atoms with van der Waals surface area (Å²) >= 11 is 0. The topological polar surface area (TPSA) is 76.3 Å². The summed E-state index contributed by atoms with van der Waals surface area (Å²) in [5.74, 6) is 0.599. The number of nitrogens with zero attached hydrogens (tertiary/aromatic N) is 4. The van der Waals surface area contributed by atoms with Crippen LogP contribution in [0.4, 0.5) is 20.6 Å². The van der Waals surface area contributed by atoms with Crippen molar-refractivity contribution in [2.24, 2.45) is 0 Å². The number of amides is 1. The Morgan fingerprint density at radius 1 is 1.00 bits per heavy atom. The lowest BCUT2D eigenvalue weighted by atomic mass is 10.1. The van der Waals surface area contributed by atoms with Crippen LogP contribution in [0.3, 0.4) is 0 Å². The van der Waals surface area contributed by atoms with E-state index in [0.717, 1.165) is 87.4 Å². The molecule has 3 heterocycles. The van der Waals surface area contributed by atoms with Crippen molar-refractivity contribution in [3.8, 4) is 5.75 Å². The number of rotatable bonds is 9. The predicted molar refractivity (Wildman–Crippen MR) is 152 cm³/mol. The molecule has 0 spiro atoms. The number of methoxy groups -OCH3 is 1. The van der Waals surface area contributed by atoms with E-state index >= 15 is 0 Å². The van der Waals surface area contributed by atoms with Crippen LogP contribution in [0.5, 0.6) is 5.75 Å². The number of carbonyl (C=O) groups is 1. The van der Waals surface area contributed by atoms with Gasteiger partial charge in [0.25, 0.3) is 0 Å². The number of likely N-dealkylation sites (N-methyl/N-ethyl adjacent to an activating group) is 1. The first kappa shape index (κ1) is 27.2. The Morgan fingerprint density at radius 3 is 2.56 bits per heavy atom. The summed E-state index contributed by atoms with van der Waals surface area (Å²) in [5, 5.41) is 5.59. The molecule has 0 radical (unpaired) electrons. The number of nitrogens with one attached hydrogen (secondary N) is 2. The lowest BCUT2D eigenvalue weighted by molar-refractivity contribution is -0.118. The first-order valence-electron chi connectivity index (χ1n) is 13.8. The molecule has 0 atom stereocenters. The largest absolute Gasteiger partial charge is 0.495 e. The lowest BCUT2D eigenvalue weighted by Crippen LogP contribution is -2.47. The zero-order chi connectivity index (χ0) is 27.2. The molecule has 0 unspecified atom stereocenters. The second kappa shape index (κ2) is 12.7. The van der Waals surface area contributed by atoms with Gasteiger partial charge in [0, 0.05) is 75.1 Å². The van der Waals surface area contributed by atoms with E-state index < -0.39 is 6.09 Å². The van der Waals surface area contributed by atoms with E-state index in [9.17, 15) is 9.18 Å². The summed E-state index contributed by atoms with van der Waals surface area (Å²) in [6.45, 7) is 7.83. The Hall–Kier alpha value is -3.34. The third kappa shape index (κ3) is 7.00. The number of hydroxylamine groups is 2. The van der Waals surface area contributed by atoms with Crippen LogP contribution in [0.15, 0.2) is 42.6 Å². The highest BCUT2D eigenvalue weighted by Crippen LogP contribution is 2.32. The van der Waals surface area contributed by atoms with Gasteiger partial charge in [0.2, 0.25) is 0 Å². The molecule has 2 N–H and O–H groups in total. The maximum atomic E-state index is 13.6. The fraction of sp³-hybridized carbons (Fsp3) is 0.483. The molecule has 2 saturated heterocycles. The predicted octanol–water partition coefficient (Wildman–Crippen LogP) is 4.17. The lowest BCUT2D eigenvalue weighted by Gasteiger charge is -2.35. The molecule has 10 heteroatoms. The number of hydrogen-bond acceptors (Lipinski definition) is 7. The monoisotopic (exact) mass is 538 g/mol. The highest BCUT2D eigenvalue weighted by atomic mass is 19.1. The van der Waals surface area contributed by atoms with Gasteiger partial charge in [-0.05, 0) is 74.8 Å². The van der Waals surface area contributed by atoms with Gasteiger partial charge in [0.05, 0.1) is 12.8 Å². The molecule has 1 amide bonds. The van der Waals surface area contributed by atoms with Crippen LogP contribution in [-0.2, 0) is 11.3 Å². The number of unbranched alkanes of at least 4 members (excludes halogenated alkanes) is 1. The molecule has 210 valence electrons. The average molecular weight is 539 g/mol. The van der Waals surface area contributed by atoms with E-state index in [-0.39, 0.29) is 5.82 Å². The molecule has 5 rings (SSSR count). The number of fused-ring (bicyclic) bond motifs is 1. The number of benzene rings is 2. The van der Waals surface area contributed by atoms with Crippen LogP contribution in [0.25, 0.3) is 10.9 Å². The molecular formula is C29H39FN6O3. The number of aryl methyl sites for hydroxylation is 1. The number of H-pyrrole nitrogens is 1. The van der Waals surface area contributed by atoms with E-state index in [1.54, 1.807) is 24.3 Å². The number of ether oxygens (including phenoxy) is 1. The van der Waals surface area contributed by atoms with E-state index in [0.29, 0.717) is 18.8 Å². The standard InChI is InChI=1S/C29H39FN6O3/c1-33-11-15-35(16-12-33)27-20-24(7-9-28(27)38-2)32-29(37)39-36-17-13-34(14-18-36)10-4-3-5-22-21-31-26-8-6-23(30)19-25(22)26/h6-9,19-21,31H,3-5,10-18H2,1-2H3,(H,32,37). The highest BCUT2D eigenvalue weighted by Gasteiger charge is 2.22. The number of hydrogen-bond donors (Lipinski definition) is 2. The third-order valence-electron chi connectivity index (χ3n) is 7.71. The van der Waals surface area contributed by atoms with Crippen molar-refractivity contribution < 1.29 is 18.8 Å². The van der Waals surface area contributed by atoms with Crippen molar-refractivity contribution in [1.82, 2.24) is 19.8 Å². The van der Waals surface area contributed by atoms with Crippen LogP contribution in [0.1, 0.15) is 18.4 Å². The van der Waals surface area contributed by atoms with E-state index in [1.165, 1.54) is 11.6 Å². The molecule has 0 saturated carbocycles. The summed E-state index contributed by atoms with van der Waals surface area (Å²) in [6.07, 6.45) is 4.55. The number of carbonyl (C=O) groups excluding carboxylic acids is 1. The first-order chi connectivity index (χ1) is 19.0. The Bertz CT molecular complexity index is 1250. The maximum absolute atomic E-state index is 13.6. The minimum Gasteiger partial charge on any atom is -0.495 e. The molecule has 2 aliphatic rings. The quantitative estimate of drug-likeness (QED) is 0.396. The van der Waals surface area contributed by atoms with Gasteiger partial charge < -0.3 is 29.3 Å². The Kier molecular flexibility index (Phi) is 8.85. The summed E-state index contributed by atoms with van der Waals surface area (Å²) in [5.41, 5.74) is 3.82. The molecule has 2 aliphatic heterocycles. The van der Waals surface area contributed by atoms with Gasteiger partial charge in [-0.15, -0.1) is 5.06 Å². The number of aromatic amines is 1. The van der Waals surface area contributed by atoms with Crippen molar-refractivity contribution in [3.63, 3.8) is 0 Å². The van der Waals surface area contributed by atoms with Gasteiger partial charge in [-0.3, -0.25) is 5.32 Å². The summed E-state index contributed by atoms with van der Waals surface area (Å²) in [4.78, 5) is 28.4. The smallest absolute Gasteiger partial charge is 0.430 e. The van der Waals surface area contributed by atoms with Crippen molar-refractivity contribution >= 4 is 28.4 Å². The molecule has 2 aromatic carbocycles. The molecule has 1 aromatic heterocycles. The Labute approximate surface area is 229 Å². The fourth-order valence-corrected chi connectivity index (χ4v) is 5.37. The molecule has 3 aromatic rings. The molecule has 39 heavy (non-hydrogen) atoms. The minimum atomic E-state index is -0.479. The van der Waals surface area contributed by atoms with Crippen LogP contribution in [-0.4, -0.2) is 99.0 Å². The Balaban J connectivity index is 1.03. The van der Waals surface area contributed by atoms with E-state index in [1.807, 2.05) is 24.4 Å². The van der Waals surface area contributed by atoms with Crippen LogP contribution >= 0.6 is 0 Å². The van der Waals surface area contributed by atoms with Crippen molar-refractivity contribution in [2.75, 3.05) is 83.3 Å². The van der Waals surface area contributed by atoms with Crippen LogP contribution in [0.2, 0.25) is 0 Å². The third-order valence-corrected chi connectivity index (χ3v) is 7.71. The molecule has 0 aliphatic carbocycles. The van der Waals surface area contributed by atoms with Gasteiger partial charge in [0.1, 0.15) is 11.6 Å². The maximum Gasteiger partial charge on any atom is 0.430 e. The zero-order valence-electron chi connectivity index (χ0n) is 22.9. The van der Waals surface area contributed by atoms with Gasteiger partial charge in [-0.25, -0.2) is 9.18 Å². The second-order valence-electron chi connectivity index (χ2n) is 10.4. The molecule has 0 bridgehead atoms. The molecular weight excluding hydrogens is 499 g/mol. The summed E-state index contributed by atoms with van der Waals surface area (Å²) in [6, 6.07) is 10.6. The normalized spacial score (nSPS) is 17.5. The number of halogens is 1. The second-order valence-corrected chi connectivity index (χ2v) is 10.4. The summed E-state index contributed by atoms with van der Waals surface area (Å²) in [7, 11) is 3.79. The molecule has 2 fully saturated rings. The van der Waals surface area contributed by atoms with E-state index in [2.05, 4.69) is 32.0 Å². The first-order valence-corrected chi connectivity index (χ1v) is 13.8. The van der Waals surface area contributed by atoms with Crippen molar-refractivity contribution in [2.45, 2.75) is 19.3 Å². The SMILES string of the molecule is COc1ccc(NC(=O)ON2CCN(CCCCc3c[nH]c4ccc(F)cc34)CC2)cc1N1CCN(C)CC1. The average Bonchev–Trinajstić information content (AvgIpc) is 3.34.